The monoisotopic (exact) mass is 423 g/mol. The van der Waals surface area contributed by atoms with E-state index in [0.29, 0.717) is 18.0 Å². The van der Waals surface area contributed by atoms with Gasteiger partial charge < -0.3 is 9.88 Å². The lowest BCUT2D eigenvalue weighted by atomic mass is 9.87. The Morgan fingerprint density at radius 1 is 1.03 bits per heavy atom. The first kappa shape index (κ1) is 21.5. The van der Waals surface area contributed by atoms with Gasteiger partial charge in [0.05, 0.1) is 21.6 Å². The lowest BCUT2D eigenvalue weighted by Crippen LogP contribution is -2.12. The summed E-state index contributed by atoms with van der Waals surface area (Å²) in [4.78, 5) is 4.41. The van der Waals surface area contributed by atoms with Crippen molar-refractivity contribution in [2.24, 2.45) is 0 Å². The Bertz CT molecular complexity index is 1010. The molecule has 0 aliphatic carbocycles. The first-order valence-electron chi connectivity index (χ1n) is 9.50. The van der Waals surface area contributed by atoms with Gasteiger partial charge in [-0.2, -0.15) is 13.2 Å². The molecule has 0 saturated heterocycles. The smallest absolute Gasteiger partial charge is 0.352 e. The second-order valence-corrected chi connectivity index (χ2v) is 8.93. The number of hydrogen-bond donors (Lipinski definition) is 1. The van der Waals surface area contributed by atoms with Crippen LogP contribution < -0.4 is 5.32 Å². The Labute approximate surface area is 173 Å². The summed E-state index contributed by atoms with van der Waals surface area (Å²) in [5.74, 6) is 0.496. The van der Waals surface area contributed by atoms with Crippen molar-refractivity contribution in [2.75, 3.05) is 5.32 Å². The van der Waals surface area contributed by atoms with E-state index in [4.69, 9.17) is 11.6 Å². The van der Waals surface area contributed by atoms with Gasteiger partial charge in [0.2, 0.25) is 5.95 Å². The van der Waals surface area contributed by atoms with Crippen LogP contribution in [-0.2, 0) is 18.1 Å². The minimum Gasteiger partial charge on any atom is -0.352 e. The number of aromatic nitrogens is 2. The molecule has 0 aliphatic rings. The van der Waals surface area contributed by atoms with E-state index >= 15 is 0 Å². The summed E-state index contributed by atoms with van der Waals surface area (Å²) >= 11 is 6.22. The van der Waals surface area contributed by atoms with Gasteiger partial charge in [-0.15, -0.1) is 0 Å². The molecule has 0 unspecified atom stereocenters. The molecule has 1 N–H and O–H groups in total. The van der Waals surface area contributed by atoms with Crippen molar-refractivity contribution in [2.45, 2.75) is 58.8 Å². The maximum atomic E-state index is 13.1. The lowest BCUT2D eigenvalue weighted by molar-refractivity contribution is -0.137. The molecule has 0 amide bonds. The second-order valence-electron chi connectivity index (χ2n) is 8.52. The summed E-state index contributed by atoms with van der Waals surface area (Å²) in [5.41, 5.74) is 2.30. The SMILES string of the molecule is CC(C)n1c(NCc2ccc(C(C)(C)C)cc2)nc2cc(C(F)(F)F)cc(Cl)c21. The zero-order valence-electron chi connectivity index (χ0n) is 17.2. The number of anilines is 1. The maximum Gasteiger partial charge on any atom is 0.416 e. The largest absolute Gasteiger partial charge is 0.416 e. The molecule has 3 nitrogen and oxygen atoms in total. The Kier molecular flexibility index (Phi) is 5.60. The summed E-state index contributed by atoms with van der Waals surface area (Å²) in [7, 11) is 0. The molecule has 156 valence electrons. The van der Waals surface area contributed by atoms with E-state index < -0.39 is 11.7 Å². The molecule has 0 saturated carbocycles. The first-order valence-corrected chi connectivity index (χ1v) is 9.87. The lowest BCUT2D eigenvalue weighted by Gasteiger charge is -2.19. The third-order valence-electron chi connectivity index (χ3n) is 4.85. The topological polar surface area (TPSA) is 29.9 Å². The van der Waals surface area contributed by atoms with Gasteiger partial charge in [-0.05, 0) is 42.5 Å². The molecule has 0 aliphatic heterocycles. The molecule has 2 aromatic carbocycles. The predicted octanol–water partition coefficient (Wildman–Crippen LogP) is 7.20. The quantitative estimate of drug-likeness (QED) is 0.480. The zero-order chi connectivity index (χ0) is 21.6. The average molecular weight is 424 g/mol. The Hall–Kier alpha value is -2.21. The molecule has 0 bridgehead atoms. The van der Waals surface area contributed by atoms with Gasteiger partial charge in [-0.1, -0.05) is 56.6 Å². The number of nitrogens with zero attached hydrogens (tertiary/aromatic N) is 2. The highest BCUT2D eigenvalue weighted by molar-refractivity contribution is 6.35. The molecule has 0 atom stereocenters. The highest BCUT2D eigenvalue weighted by Crippen LogP contribution is 2.37. The molecule has 29 heavy (non-hydrogen) atoms. The first-order chi connectivity index (χ1) is 13.4. The summed E-state index contributed by atoms with van der Waals surface area (Å²) in [5, 5.41) is 3.30. The van der Waals surface area contributed by atoms with E-state index in [9.17, 15) is 13.2 Å². The molecular formula is C22H25ClF3N3. The fraction of sp³-hybridized carbons (Fsp3) is 0.409. The van der Waals surface area contributed by atoms with Crippen LogP contribution in [0.25, 0.3) is 11.0 Å². The van der Waals surface area contributed by atoms with E-state index in [-0.39, 0.29) is 22.0 Å². The molecule has 1 heterocycles. The van der Waals surface area contributed by atoms with Gasteiger partial charge in [0, 0.05) is 12.6 Å². The molecule has 0 radical (unpaired) electrons. The summed E-state index contributed by atoms with van der Waals surface area (Å²) in [6.07, 6.45) is -4.47. The van der Waals surface area contributed by atoms with Gasteiger partial charge >= 0.3 is 6.18 Å². The van der Waals surface area contributed by atoms with Crippen molar-refractivity contribution >= 4 is 28.6 Å². The van der Waals surface area contributed by atoms with Crippen LogP contribution in [0.2, 0.25) is 5.02 Å². The summed E-state index contributed by atoms with van der Waals surface area (Å²) in [6, 6.07) is 10.3. The van der Waals surface area contributed by atoms with Crippen LogP contribution in [0.1, 0.15) is 57.4 Å². The number of rotatable bonds is 4. The Balaban J connectivity index is 1.94. The standard InChI is InChI=1S/C22H25ClF3N3/c1-13(2)29-19-17(23)10-16(22(24,25)26)11-18(19)28-20(29)27-12-14-6-8-15(9-7-14)21(3,4)5/h6-11,13H,12H2,1-5H3,(H,27,28). The fourth-order valence-electron chi connectivity index (χ4n) is 3.28. The molecule has 3 rings (SSSR count). The highest BCUT2D eigenvalue weighted by atomic mass is 35.5. The maximum absolute atomic E-state index is 13.1. The normalized spacial score (nSPS) is 12.8. The zero-order valence-corrected chi connectivity index (χ0v) is 17.9. The van der Waals surface area contributed by atoms with Crippen LogP contribution in [0, 0.1) is 0 Å². The third-order valence-corrected chi connectivity index (χ3v) is 5.14. The second kappa shape index (κ2) is 7.56. The average Bonchev–Trinajstić information content (AvgIpc) is 2.98. The number of imidazole rings is 1. The van der Waals surface area contributed by atoms with Crippen molar-refractivity contribution in [1.29, 1.82) is 0 Å². The van der Waals surface area contributed by atoms with E-state index in [2.05, 4.69) is 43.2 Å². The van der Waals surface area contributed by atoms with Crippen LogP contribution in [-0.4, -0.2) is 9.55 Å². The van der Waals surface area contributed by atoms with Crippen molar-refractivity contribution in [3.8, 4) is 0 Å². The summed E-state index contributed by atoms with van der Waals surface area (Å²) in [6.45, 7) is 10.9. The van der Waals surface area contributed by atoms with E-state index in [1.807, 2.05) is 30.5 Å². The molecule has 7 heteroatoms. The van der Waals surface area contributed by atoms with Crippen molar-refractivity contribution in [3.05, 3.63) is 58.1 Å². The third kappa shape index (κ3) is 4.53. The van der Waals surface area contributed by atoms with E-state index in [0.717, 1.165) is 17.7 Å². The Morgan fingerprint density at radius 2 is 1.66 bits per heavy atom. The number of fused-ring (bicyclic) bond motifs is 1. The predicted molar refractivity (Wildman–Crippen MR) is 113 cm³/mol. The van der Waals surface area contributed by atoms with Crippen LogP contribution >= 0.6 is 11.6 Å². The minimum atomic E-state index is -4.47. The molecule has 0 spiro atoms. The summed E-state index contributed by atoms with van der Waals surface area (Å²) < 4.78 is 41.3. The van der Waals surface area contributed by atoms with Gasteiger partial charge in [0.25, 0.3) is 0 Å². The number of alkyl halides is 3. The van der Waals surface area contributed by atoms with Crippen LogP contribution in [0.4, 0.5) is 19.1 Å². The number of halogens is 4. The van der Waals surface area contributed by atoms with E-state index in [1.165, 1.54) is 5.56 Å². The van der Waals surface area contributed by atoms with Crippen LogP contribution in [0.3, 0.4) is 0 Å². The highest BCUT2D eigenvalue weighted by Gasteiger charge is 2.32. The van der Waals surface area contributed by atoms with Crippen molar-refractivity contribution < 1.29 is 13.2 Å². The van der Waals surface area contributed by atoms with Gasteiger partial charge in [-0.3, -0.25) is 0 Å². The molecule has 3 aromatic rings. The van der Waals surface area contributed by atoms with Gasteiger partial charge in [0.15, 0.2) is 0 Å². The number of nitrogens with one attached hydrogen (secondary N) is 1. The van der Waals surface area contributed by atoms with E-state index in [1.54, 1.807) is 0 Å². The van der Waals surface area contributed by atoms with Crippen LogP contribution in [0.15, 0.2) is 36.4 Å². The van der Waals surface area contributed by atoms with Gasteiger partial charge in [0.1, 0.15) is 0 Å². The number of hydrogen-bond acceptors (Lipinski definition) is 2. The molecular weight excluding hydrogens is 399 g/mol. The van der Waals surface area contributed by atoms with Crippen molar-refractivity contribution in [1.82, 2.24) is 9.55 Å². The fourth-order valence-corrected chi connectivity index (χ4v) is 3.58. The Morgan fingerprint density at radius 3 is 2.17 bits per heavy atom. The van der Waals surface area contributed by atoms with Crippen LogP contribution in [0.5, 0.6) is 0 Å². The van der Waals surface area contributed by atoms with Crippen molar-refractivity contribution in [3.63, 3.8) is 0 Å². The van der Waals surface area contributed by atoms with Gasteiger partial charge in [-0.25, -0.2) is 4.98 Å². The number of benzene rings is 2. The molecule has 0 fully saturated rings. The minimum absolute atomic E-state index is 0.0278. The molecule has 1 aromatic heterocycles.